The first-order valence-corrected chi connectivity index (χ1v) is 8.29. The summed E-state index contributed by atoms with van der Waals surface area (Å²) in [6.45, 7) is 3.48. The van der Waals surface area contributed by atoms with Gasteiger partial charge in [-0.25, -0.2) is 4.98 Å². The third-order valence-corrected chi connectivity index (χ3v) is 4.44. The second-order valence-electron chi connectivity index (χ2n) is 6.15. The SMILES string of the molecule is C#Cc1ccc2c(c1)C(c1ccccn1)=N[C@H](C)c1c(C(C)=O)ncn1-2. The van der Waals surface area contributed by atoms with Gasteiger partial charge in [-0.3, -0.25) is 19.3 Å². The van der Waals surface area contributed by atoms with Crippen LogP contribution in [0.5, 0.6) is 0 Å². The van der Waals surface area contributed by atoms with Crippen molar-refractivity contribution in [2.75, 3.05) is 0 Å². The Morgan fingerprint density at radius 2 is 2.08 bits per heavy atom. The maximum absolute atomic E-state index is 12.0. The third kappa shape index (κ3) is 2.44. The van der Waals surface area contributed by atoms with E-state index in [0.717, 1.165) is 33.9 Å². The molecule has 0 fully saturated rings. The Bertz CT molecular complexity index is 1090. The van der Waals surface area contributed by atoms with Crippen LogP contribution in [0.4, 0.5) is 0 Å². The summed E-state index contributed by atoms with van der Waals surface area (Å²) in [5.41, 5.74) is 5.25. The standard InChI is InChI=1S/C21H16N4O/c1-4-15-8-9-18-16(11-15)20(17-7-5-6-10-22-17)24-13(2)21-19(14(3)26)23-12-25(18)21/h1,5-13H,2-3H3/t13-/m1/s1. The van der Waals surface area contributed by atoms with Crippen molar-refractivity contribution in [1.29, 1.82) is 0 Å². The van der Waals surface area contributed by atoms with E-state index in [-0.39, 0.29) is 11.8 Å². The molecule has 0 aliphatic carbocycles. The monoisotopic (exact) mass is 340 g/mol. The molecule has 1 aliphatic rings. The lowest BCUT2D eigenvalue weighted by Crippen LogP contribution is -2.09. The van der Waals surface area contributed by atoms with Crippen LogP contribution < -0.4 is 0 Å². The van der Waals surface area contributed by atoms with E-state index in [0.29, 0.717) is 5.69 Å². The van der Waals surface area contributed by atoms with Gasteiger partial charge in [0.2, 0.25) is 0 Å². The summed E-state index contributed by atoms with van der Waals surface area (Å²) in [5, 5.41) is 0. The first-order chi connectivity index (χ1) is 12.6. The number of aromatic nitrogens is 3. The number of hydrogen-bond acceptors (Lipinski definition) is 4. The fourth-order valence-electron chi connectivity index (χ4n) is 3.28. The van der Waals surface area contributed by atoms with Crippen LogP contribution in [0.1, 0.15) is 52.9 Å². The zero-order valence-electron chi connectivity index (χ0n) is 14.5. The van der Waals surface area contributed by atoms with Gasteiger partial charge in [-0.05, 0) is 37.3 Å². The Kier molecular flexibility index (Phi) is 3.74. The molecule has 3 heterocycles. The van der Waals surface area contributed by atoms with Crippen molar-refractivity contribution in [2.45, 2.75) is 19.9 Å². The van der Waals surface area contributed by atoms with Crippen LogP contribution in [-0.2, 0) is 0 Å². The van der Waals surface area contributed by atoms with E-state index in [9.17, 15) is 4.79 Å². The normalized spacial score (nSPS) is 15.3. The summed E-state index contributed by atoms with van der Waals surface area (Å²) in [6.07, 6.45) is 9.01. The Labute approximate surface area is 151 Å². The third-order valence-electron chi connectivity index (χ3n) is 4.44. The minimum Gasteiger partial charge on any atom is -0.300 e. The van der Waals surface area contributed by atoms with Gasteiger partial charge in [0, 0.05) is 24.2 Å². The predicted octanol–water partition coefficient (Wildman–Crippen LogP) is 3.36. The van der Waals surface area contributed by atoms with E-state index in [1.165, 1.54) is 6.92 Å². The highest BCUT2D eigenvalue weighted by molar-refractivity contribution is 6.14. The van der Waals surface area contributed by atoms with Crippen LogP contribution in [0.15, 0.2) is 53.9 Å². The van der Waals surface area contributed by atoms with Crippen molar-refractivity contribution >= 4 is 11.5 Å². The maximum atomic E-state index is 12.0. The summed E-state index contributed by atoms with van der Waals surface area (Å²) in [6, 6.07) is 11.2. The summed E-state index contributed by atoms with van der Waals surface area (Å²) in [4.78, 5) is 25.7. The fraction of sp³-hybridized carbons (Fsp3) is 0.143. The molecule has 0 spiro atoms. The average molecular weight is 340 g/mol. The topological polar surface area (TPSA) is 60.1 Å². The summed E-state index contributed by atoms with van der Waals surface area (Å²) < 4.78 is 1.93. The fourth-order valence-corrected chi connectivity index (χ4v) is 3.28. The highest BCUT2D eigenvalue weighted by Crippen LogP contribution is 2.32. The summed E-state index contributed by atoms with van der Waals surface area (Å²) in [5.74, 6) is 2.59. The zero-order valence-corrected chi connectivity index (χ0v) is 14.5. The number of imidazole rings is 1. The molecule has 0 unspecified atom stereocenters. The number of rotatable bonds is 2. The number of hydrogen-bond donors (Lipinski definition) is 0. The molecule has 5 heteroatoms. The van der Waals surface area contributed by atoms with E-state index >= 15 is 0 Å². The molecule has 0 saturated carbocycles. The van der Waals surface area contributed by atoms with Crippen LogP contribution in [0.2, 0.25) is 0 Å². The van der Waals surface area contributed by atoms with Gasteiger partial charge >= 0.3 is 0 Å². The molecule has 0 bridgehead atoms. The van der Waals surface area contributed by atoms with E-state index in [1.807, 2.05) is 47.9 Å². The van der Waals surface area contributed by atoms with Crippen LogP contribution >= 0.6 is 0 Å². The number of carbonyl (C=O) groups is 1. The lowest BCUT2D eigenvalue weighted by molar-refractivity contribution is 0.101. The lowest BCUT2D eigenvalue weighted by Gasteiger charge is -2.12. The van der Waals surface area contributed by atoms with E-state index in [4.69, 9.17) is 11.4 Å². The molecule has 0 N–H and O–H groups in total. The minimum atomic E-state index is -0.255. The molecule has 3 aromatic rings. The van der Waals surface area contributed by atoms with Crippen molar-refractivity contribution in [2.24, 2.45) is 4.99 Å². The van der Waals surface area contributed by atoms with E-state index in [1.54, 1.807) is 12.5 Å². The van der Waals surface area contributed by atoms with Crippen molar-refractivity contribution in [3.63, 3.8) is 0 Å². The van der Waals surface area contributed by atoms with Crippen LogP contribution in [0, 0.1) is 12.3 Å². The number of aliphatic imine (C=N–C) groups is 1. The Morgan fingerprint density at radius 3 is 2.77 bits per heavy atom. The number of Topliss-reactive ketones (excluding diaryl/α,β-unsaturated/α-hetero) is 1. The molecule has 0 amide bonds. The van der Waals surface area contributed by atoms with Gasteiger partial charge in [0.25, 0.3) is 0 Å². The lowest BCUT2D eigenvalue weighted by atomic mass is 10.0. The quantitative estimate of drug-likeness (QED) is 0.531. The van der Waals surface area contributed by atoms with Gasteiger partial charge < -0.3 is 0 Å². The Hall–Kier alpha value is -3.52. The van der Waals surface area contributed by atoms with Crippen molar-refractivity contribution in [3.05, 3.63) is 77.1 Å². The van der Waals surface area contributed by atoms with Crippen molar-refractivity contribution in [3.8, 4) is 18.0 Å². The molecule has 4 rings (SSSR count). The molecular weight excluding hydrogens is 324 g/mol. The van der Waals surface area contributed by atoms with Gasteiger partial charge in [-0.2, -0.15) is 0 Å². The van der Waals surface area contributed by atoms with Crippen molar-refractivity contribution in [1.82, 2.24) is 14.5 Å². The molecule has 0 radical (unpaired) electrons. The first-order valence-electron chi connectivity index (χ1n) is 8.29. The van der Waals surface area contributed by atoms with E-state index in [2.05, 4.69) is 15.9 Å². The van der Waals surface area contributed by atoms with Gasteiger partial charge in [-0.15, -0.1) is 6.42 Å². The maximum Gasteiger partial charge on any atom is 0.180 e. The van der Waals surface area contributed by atoms with Gasteiger partial charge in [0.05, 0.1) is 28.8 Å². The molecule has 0 saturated heterocycles. The zero-order chi connectivity index (χ0) is 18.3. The molecule has 1 atom stereocenters. The van der Waals surface area contributed by atoms with Crippen LogP contribution in [0.3, 0.4) is 0 Å². The number of pyridine rings is 1. The minimum absolute atomic E-state index is 0.0797. The first kappa shape index (κ1) is 16.0. The second kappa shape index (κ2) is 6.08. The van der Waals surface area contributed by atoms with Crippen LogP contribution in [0.25, 0.3) is 5.69 Å². The molecular formula is C21H16N4O. The number of terminal acetylenes is 1. The van der Waals surface area contributed by atoms with Crippen molar-refractivity contribution < 1.29 is 4.79 Å². The number of carbonyl (C=O) groups excluding carboxylic acids is 1. The van der Waals surface area contributed by atoms with Crippen LogP contribution in [-0.4, -0.2) is 26.0 Å². The molecule has 5 nitrogen and oxygen atoms in total. The Balaban J connectivity index is 2.06. The van der Waals surface area contributed by atoms with Gasteiger partial charge in [-0.1, -0.05) is 12.0 Å². The largest absolute Gasteiger partial charge is 0.300 e. The van der Waals surface area contributed by atoms with Gasteiger partial charge in [0.1, 0.15) is 12.0 Å². The molecule has 1 aliphatic heterocycles. The average Bonchev–Trinajstić information content (AvgIpc) is 3.07. The number of fused-ring (bicyclic) bond motifs is 3. The molecule has 2 aromatic heterocycles. The number of benzene rings is 1. The Morgan fingerprint density at radius 1 is 1.23 bits per heavy atom. The molecule has 26 heavy (non-hydrogen) atoms. The number of ketones is 1. The molecule has 1 aromatic carbocycles. The second-order valence-corrected chi connectivity index (χ2v) is 6.15. The highest BCUT2D eigenvalue weighted by atomic mass is 16.1. The van der Waals surface area contributed by atoms with E-state index < -0.39 is 0 Å². The predicted molar refractivity (Wildman–Crippen MR) is 99.8 cm³/mol. The van der Waals surface area contributed by atoms with Gasteiger partial charge in [0.15, 0.2) is 5.78 Å². The number of nitrogens with zero attached hydrogens (tertiary/aromatic N) is 4. The molecule has 126 valence electrons. The summed E-state index contributed by atoms with van der Waals surface area (Å²) in [7, 11) is 0. The smallest absolute Gasteiger partial charge is 0.180 e. The summed E-state index contributed by atoms with van der Waals surface area (Å²) >= 11 is 0. The highest BCUT2D eigenvalue weighted by Gasteiger charge is 2.27.